The number of amides is 2. The maximum absolute atomic E-state index is 13.1. The lowest BCUT2D eigenvalue weighted by Crippen LogP contribution is -2.56. The number of rotatable bonds is 3. The lowest BCUT2D eigenvalue weighted by atomic mass is 10.1. The van der Waals surface area contributed by atoms with E-state index in [1.54, 1.807) is 12.1 Å². The fraction of sp³-hybridized carbons (Fsp3) is 0.600. The van der Waals surface area contributed by atoms with Crippen LogP contribution in [0.5, 0.6) is 0 Å². The molecule has 140 valence electrons. The van der Waals surface area contributed by atoms with Gasteiger partial charge in [0.1, 0.15) is 5.82 Å². The number of carbonyl (C=O) groups is 2. The first-order valence-electron chi connectivity index (χ1n) is 9.53. The van der Waals surface area contributed by atoms with Crippen LogP contribution in [0, 0.1) is 11.2 Å². The second kappa shape index (κ2) is 6.65. The molecule has 2 heterocycles. The molecule has 0 bridgehead atoms. The summed E-state index contributed by atoms with van der Waals surface area (Å²) in [6, 6.07) is 6.19. The van der Waals surface area contributed by atoms with E-state index in [1.165, 1.54) is 12.1 Å². The van der Waals surface area contributed by atoms with Gasteiger partial charge < -0.3 is 9.80 Å². The summed E-state index contributed by atoms with van der Waals surface area (Å²) < 4.78 is 13.1. The molecule has 1 saturated carbocycles. The first-order chi connectivity index (χ1) is 12.5. The Morgan fingerprint density at radius 3 is 2.50 bits per heavy atom. The van der Waals surface area contributed by atoms with E-state index in [9.17, 15) is 14.0 Å². The van der Waals surface area contributed by atoms with E-state index >= 15 is 0 Å². The molecule has 26 heavy (non-hydrogen) atoms. The number of piperazine rings is 1. The van der Waals surface area contributed by atoms with Gasteiger partial charge in [0.25, 0.3) is 0 Å². The first-order valence-corrected chi connectivity index (χ1v) is 9.53. The smallest absolute Gasteiger partial charge is 0.240 e. The second-order valence-corrected chi connectivity index (χ2v) is 8.08. The summed E-state index contributed by atoms with van der Waals surface area (Å²) in [5.74, 6) is 0.128. The zero-order valence-corrected chi connectivity index (χ0v) is 15.3. The fourth-order valence-corrected chi connectivity index (χ4v) is 4.05. The van der Waals surface area contributed by atoms with Gasteiger partial charge in [0, 0.05) is 44.7 Å². The number of benzene rings is 1. The molecular formula is C20H26FN3O2. The van der Waals surface area contributed by atoms with Gasteiger partial charge in [-0.3, -0.25) is 14.5 Å². The van der Waals surface area contributed by atoms with Gasteiger partial charge in [-0.2, -0.15) is 0 Å². The van der Waals surface area contributed by atoms with Crippen LogP contribution in [0.3, 0.4) is 0 Å². The monoisotopic (exact) mass is 359 g/mol. The number of nitrogens with zero attached hydrogens (tertiary/aromatic N) is 3. The maximum Gasteiger partial charge on any atom is 0.240 e. The molecule has 3 fully saturated rings. The Kier molecular flexibility index (Phi) is 4.47. The van der Waals surface area contributed by atoms with Crippen molar-refractivity contribution in [2.24, 2.45) is 5.41 Å². The Morgan fingerprint density at radius 2 is 1.81 bits per heavy atom. The highest BCUT2D eigenvalue weighted by molar-refractivity contribution is 5.85. The molecule has 4 rings (SSSR count). The van der Waals surface area contributed by atoms with Gasteiger partial charge in [-0.1, -0.05) is 19.1 Å². The molecule has 2 amide bonds. The van der Waals surface area contributed by atoms with Crippen molar-refractivity contribution >= 4 is 11.8 Å². The highest BCUT2D eigenvalue weighted by Crippen LogP contribution is 2.46. The van der Waals surface area contributed by atoms with E-state index < -0.39 is 0 Å². The van der Waals surface area contributed by atoms with Crippen LogP contribution in [0.4, 0.5) is 4.39 Å². The van der Waals surface area contributed by atoms with Crippen LogP contribution in [0.15, 0.2) is 24.3 Å². The Bertz CT molecular complexity index is 702. The average molecular weight is 359 g/mol. The second-order valence-electron chi connectivity index (χ2n) is 8.08. The topological polar surface area (TPSA) is 43.9 Å². The summed E-state index contributed by atoms with van der Waals surface area (Å²) in [7, 11) is 0. The molecule has 0 aromatic heterocycles. The predicted molar refractivity (Wildman–Crippen MR) is 95.7 cm³/mol. The first kappa shape index (κ1) is 17.5. The van der Waals surface area contributed by atoms with Crippen LogP contribution in [-0.4, -0.2) is 65.3 Å². The number of fused-ring (bicyclic) bond motifs is 1. The zero-order chi connectivity index (χ0) is 18.3. The van der Waals surface area contributed by atoms with E-state index in [2.05, 4.69) is 4.90 Å². The SMILES string of the molecule is CC1(C(=O)N2CCC3C(=O)N(Cc4ccc(F)cc4)CCN3CC2)CC1. The minimum Gasteiger partial charge on any atom is -0.341 e. The molecule has 6 heteroatoms. The van der Waals surface area contributed by atoms with Crippen molar-refractivity contribution in [2.75, 3.05) is 32.7 Å². The molecule has 1 aliphatic carbocycles. The highest BCUT2D eigenvalue weighted by atomic mass is 19.1. The lowest BCUT2D eigenvalue weighted by Gasteiger charge is -2.39. The normalized spacial score (nSPS) is 25.6. The summed E-state index contributed by atoms with van der Waals surface area (Å²) in [6.07, 6.45) is 2.67. The van der Waals surface area contributed by atoms with Crippen molar-refractivity contribution < 1.29 is 14.0 Å². The number of hydrogen-bond donors (Lipinski definition) is 0. The van der Waals surface area contributed by atoms with Crippen LogP contribution < -0.4 is 0 Å². The van der Waals surface area contributed by atoms with E-state index in [0.29, 0.717) is 26.1 Å². The largest absolute Gasteiger partial charge is 0.341 e. The maximum atomic E-state index is 13.1. The van der Waals surface area contributed by atoms with Gasteiger partial charge >= 0.3 is 0 Å². The van der Waals surface area contributed by atoms with Gasteiger partial charge in [0.05, 0.1) is 6.04 Å². The standard InChI is InChI=1S/C20H26FN3O2/c1-20(7-8-20)19(26)23-9-6-17-18(25)24(13-11-22(17)10-12-23)14-15-2-4-16(21)5-3-15/h2-5,17H,6-14H2,1H3. The molecule has 5 nitrogen and oxygen atoms in total. The molecule has 1 aromatic rings. The zero-order valence-electron chi connectivity index (χ0n) is 15.3. The van der Waals surface area contributed by atoms with Crippen molar-refractivity contribution in [3.8, 4) is 0 Å². The van der Waals surface area contributed by atoms with Crippen molar-refractivity contribution in [3.63, 3.8) is 0 Å². The minimum absolute atomic E-state index is 0.132. The van der Waals surface area contributed by atoms with Crippen LogP contribution >= 0.6 is 0 Å². The van der Waals surface area contributed by atoms with Crippen molar-refractivity contribution in [1.29, 1.82) is 0 Å². The van der Waals surface area contributed by atoms with E-state index in [1.807, 2.05) is 16.7 Å². The molecular weight excluding hydrogens is 333 g/mol. The average Bonchev–Trinajstić information content (AvgIpc) is 3.41. The van der Waals surface area contributed by atoms with Gasteiger partial charge in [0.2, 0.25) is 11.8 Å². The van der Waals surface area contributed by atoms with E-state index in [0.717, 1.165) is 38.0 Å². The third-order valence-corrected chi connectivity index (χ3v) is 6.11. The van der Waals surface area contributed by atoms with Crippen molar-refractivity contribution in [1.82, 2.24) is 14.7 Å². The minimum atomic E-state index is -0.261. The van der Waals surface area contributed by atoms with Crippen molar-refractivity contribution in [2.45, 2.75) is 38.8 Å². The van der Waals surface area contributed by atoms with Crippen LogP contribution in [0.1, 0.15) is 31.7 Å². The Labute approximate surface area is 153 Å². The molecule has 1 aromatic carbocycles. The summed E-state index contributed by atoms with van der Waals surface area (Å²) in [5, 5.41) is 0. The van der Waals surface area contributed by atoms with Crippen LogP contribution in [0.25, 0.3) is 0 Å². The molecule has 0 radical (unpaired) electrons. The molecule has 3 aliphatic rings. The van der Waals surface area contributed by atoms with Gasteiger partial charge in [-0.05, 0) is 37.0 Å². The van der Waals surface area contributed by atoms with Gasteiger partial charge in [-0.15, -0.1) is 0 Å². The number of hydrogen-bond acceptors (Lipinski definition) is 3. The summed E-state index contributed by atoms with van der Waals surface area (Å²) >= 11 is 0. The van der Waals surface area contributed by atoms with Crippen LogP contribution in [-0.2, 0) is 16.1 Å². The van der Waals surface area contributed by atoms with E-state index in [-0.39, 0.29) is 29.1 Å². The van der Waals surface area contributed by atoms with Gasteiger partial charge in [-0.25, -0.2) is 4.39 Å². The van der Waals surface area contributed by atoms with E-state index in [4.69, 9.17) is 0 Å². The predicted octanol–water partition coefficient (Wildman–Crippen LogP) is 1.87. The molecule has 1 atom stereocenters. The quantitative estimate of drug-likeness (QED) is 0.828. The molecule has 2 aliphatic heterocycles. The summed E-state index contributed by atoms with van der Waals surface area (Å²) in [5.41, 5.74) is 0.795. The highest BCUT2D eigenvalue weighted by Gasteiger charge is 2.48. The Hall–Kier alpha value is -1.95. The Morgan fingerprint density at radius 1 is 1.12 bits per heavy atom. The van der Waals surface area contributed by atoms with Crippen molar-refractivity contribution in [3.05, 3.63) is 35.6 Å². The summed E-state index contributed by atoms with van der Waals surface area (Å²) in [6.45, 7) is 6.22. The third-order valence-electron chi connectivity index (χ3n) is 6.11. The molecule has 1 unspecified atom stereocenters. The van der Waals surface area contributed by atoms with Gasteiger partial charge in [0.15, 0.2) is 0 Å². The summed E-state index contributed by atoms with van der Waals surface area (Å²) in [4.78, 5) is 31.7. The lowest BCUT2D eigenvalue weighted by molar-refractivity contribution is -0.142. The Balaban J connectivity index is 1.41. The third kappa shape index (κ3) is 3.34. The molecule has 0 N–H and O–H groups in total. The molecule has 0 spiro atoms. The molecule has 2 saturated heterocycles. The fourth-order valence-electron chi connectivity index (χ4n) is 4.05. The van der Waals surface area contributed by atoms with Crippen LogP contribution in [0.2, 0.25) is 0 Å². The number of carbonyl (C=O) groups excluding carboxylic acids is 2. The number of halogens is 1.